The molecule has 9 heteroatoms. The van der Waals surface area contributed by atoms with Crippen molar-refractivity contribution in [3.05, 3.63) is 75.1 Å². The third kappa shape index (κ3) is 3.68. The maximum atomic E-state index is 13.4. The number of benzene rings is 1. The highest BCUT2D eigenvalue weighted by molar-refractivity contribution is 5.97. The van der Waals surface area contributed by atoms with Crippen LogP contribution in [0.15, 0.2) is 47.4 Å². The molecule has 0 fully saturated rings. The Morgan fingerprint density at radius 1 is 1.15 bits per heavy atom. The summed E-state index contributed by atoms with van der Waals surface area (Å²) in [5.74, 6) is 0.846. The molecule has 1 aromatic carbocycles. The van der Waals surface area contributed by atoms with Crippen molar-refractivity contribution >= 4 is 22.6 Å². The number of hydrogen-bond donors (Lipinski definition) is 2. The topological polar surface area (TPSA) is 111 Å². The number of aryl methyl sites for hydroxylation is 1. The molecule has 0 bridgehead atoms. The van der Waals surface area contributed by atoms with Crippen molar-refractivity contribution in [1.29, 1.82) is 5.41 Å². The van der Waals surface area contributed by atoms with Crippen molar-refractivity contribution in [3.8, 4) is 11.5 Å². The fourth-order valence-electron chi connectivity index (χ4n) is 4.05. The molecule has 0 saturated heterocycles. The first-order chi connectivity index (χ1) is 16.1. The van der Waals surface area contributed by atoms with Gasteiger partial charge in [0, 0.05) is 11.7 Å². The maximum absolute atomic E-state index is 13.4. The van der Waals surface area contributed by atoms with Gasteiger partial charge in [-0.2, -0.15) is 0 Å². The summed E-state index contributed by atoms with van der Waals surface area (Å²) in [7, 11) is 0. The van der Waals surface area contributed by atoms with Crippen molar-refractivity contribution in [2.24, 2.45) is 0 Å². The Morgan fingerprint density at radius 3 is 2.68 bits per heavy atom. The van der Waals surface area contributed by atoms with Crippen LogP contribution in [0.1, 0.15) is 42.3 Å². The maximum Gasteiger partial charge on any atom is 0.267 e. The molecule has 0 spiro atoms. The minimum atomic E-state index is -0.506. The zero-order chi connectivity index (χ0) is 24.2. The van der Waals surface area contributed by atoms with E-state index in [9.17, 15) is 9.59 Å². The standard InChI is InChI=1S/C25H25N5O4/c1-14-6-5-9-29-21(14)27-22-17(24(29)32)11-16(23(31)28-25(2,3)4)20(26)30(22)12-15-7-8-18-19(10-15)34-13-33-18/h5-11,26H,12-13H2,1-4H3,(H,28,31). The molecule has 1 aliphatic heterocycles. The third-order valence-corrected chi connectivity index (χ3v) is 5.64. The molecule has 0 unspecified atom stereocenters. The molecule has 174 valence electrons. The Morgan fingerprint density at radius 2 is 1.91 bits per heavy atom. The lowest BCUT2D eigenvalue weighted by molar-refractivity contribution is 0.0917. The lowest BCUT2D eigenvalue weighted by Crippen LogP contribution is -2.43. The van der Waals surface area contributed by atoms with Gasteiger partial charge in [0.2, 0.25) is 6.79 Å². The van der Waals surface area contributed by atoms with Gasteiger partial charge in [0.05, 0.1) is 17.5 Å². The Hall–Kier alpha value is -4.14. The zero-order valence-electron chi connectivity index (χ0n) is 19.4. The van der Waals surface area contributed by atoms with Crippen molar-refractivity contribution in [1.82, 2.24) is 19.3 Å². The van der Waals surface area contributed by atoms with E-state index >= 15 is 0 Å². The van der Waals surface area contributed by atoms with Crippen LogP contribution >= 0.6 is 0 Å². The summed E-state index contributed by atoms with van der Waals surface area (Å²) < 4.78 is 14.0. The number of hydrogen-bond acceptors (Lipinski definition) is 6. The van der Waals surface area contributed by atoms with E-state index < -0.39 is 11.4 Å². The first kappa shape index (κ1) is 21.7. The molecule has 0 saturated carbocycles. The van der Waals surface area contributed by atoms with Crippen molar-refractivity contribution in [2.75, 3.05) is 6.79 Å². The summed E-state index contributed by atoms with van der Waals surface area (Å²) in [6.45, 7) is 7.85. The number of nitrogens with one attached hydrogen (secondary N) is 2. The first-order valence-electron chi connectivity index (χ1n) is 10.9. The van der Waals surface area contributed by atoms with Crippen LogP contribution < -0.4 is 25.8 Å². The molecule has 0 atom stereocenters. The molecule has 34 heavy (non-hydrogen) atoms. The Bertz CT molecular complexity index is 1590. The summed E-state index contributed by atoms with van der Waals surface area (Å²) in [5.41, 5.74) is 1.77. The molecule has 1 amide bonds. The zero-order valence-corrected chi connectivity index (χ0v) is 19.4. The highest BCUT2D eigenvalue weighted by atomic mass is 16.7. The van der Waals surface area contributed by atoms with Crippen LogP contribution in [-0.4, -0.2) is 32.2 Å². The number of nitrogens with zero attached hydrogens (tertiary/aromatic N) is 3. The van der Waals surface area contributed by atoms with Gasteiger partial charge in [-0.3, -0.25) is 19.4 Å². The minimum absolute atomic E-state index is 0.0308. The lowest BCUT2D eigenvalue weighted by atomic mass is 10.1. The molecular weight excluding hydrogens is 434 g/mol. The molecule has 3 aromatic heterocycles. The molecule has 2 N–H and O–H groups in total. The van der Waals surface area contributed by atoms with Crippen LogP contribution in [0.5, 0.6) is 11.5 Å². The second kappa shape index (κ2) is 7.72. The number of fused-ring (bicyclic) bond motifs is 3. The molecule has 1 aliphatic rings. The molecule has 4 aromatic rings. The predicted molar refractivity (Wildman–Crippen MR) is 126 cm³/mol. The lowest BCUT2D eigenvalue weighted by Gasteiger charge is -2.21. The van der Waals surface area contributed by atoms with E-state index in [2.05, 4.69) is 5.32 Å². The second-order valence-electron chi connectivity index (χ2n) is 9.42. The van der Waals surface area contributed by atoms with E-state index in [4.69, 9.17) is 19.9 Å². The Kier molecular flexibility index (Phi) is 4.93. The van der Waals surface area contributed by atoms with Crippen LogP contribution in [0.25, 0.3) is 16.7 Å². The van der Waals surface area contributed by atoms with E-state index in [0.29, 0.717) is 22.8 Å². The second-order valence-corrected chi connectivity index (χ2v) is 9.42. The highest BCUT2D eigenvalue weighted by Gasteiger charge is 2.22. The number of pyridine rings is 2. The third-order valence-electron chi connectivity index (χ3n) is 5.64. The van der Waals surface area contributed by atoms with E-state index in [1.165, 1.54) is 10.5 Å². The van der Waals surface area contributed by atoms with Gasteiger partial charge in [0.1, 0.15) is 16.8 Å². The summed E-state index contributed by atoms with van der Waals surface area (Å²) in [6, 6.07) is 10.6. The number of ether oxygens (including phenoxy) is 2. The van der Waals surface area contributed by atoms with Crippen LogP contribution in [0.2, 0.25) is 0 Å². The number of aromatic nitrogens is 3. The van der Waals surface area contributed by atoms with Crippen molar-refractivity contribution in [2.45, 2.75) is 39.8 Å². The van der Waals surface area contributed by atoms with Gasteiger partial charge in [0.25, 0.3) is 11.5 Å². The number of rotatable bonds is 3. The van der Waals surface area contributed by atoms with Gasteiger partial charge in [-0.15, -0.1) is 0 Å². The first-order valence-corrected chi connectivity index (χ1v) is 10.9. The molecular formula is C25H25N5O4. The fourth-order valence-corrected chi connectivity index (χ4v) is 4.05. The SMILES string of the molecule is Cc1cccn2c(=O)c3cc(C(=O)NC(C)(C)C)c(=N)n(Cc4ccc5c(c4)OCO5)c3nc12. The van der Waals surface area contributed by atoms with Crippen LogP contribution in [0.3, 0.4) is 0 Å². The average molecular weight is 460 g/mol. The van der Waals surface area contributed by atoms with Gasteiger partial charge in [0.15, 0.2) is 11.5 Å². The normalized spacial score (nSPS) is 12.9. The van der Waals surface area contributed by atoms with E-state index in [1.807, 2.05) is 52.0 Å². The van der Waals surface area contributed by atoms with Gasteiger partial charge < -0.3 is 19.4 Å². The van der Waals surface area contributed by atoms with Crippen molar-refractivity contribution < 1.29 is 14.3 Å². The molecule has 5 rings (SSSR count). The van der Waals surface area contributed by atoms with Crippen LogP contribution in [0, 0.1) is 12.3 Å². The van der Waals surface area contributed by atoms with Gasteiger partial charge in [-0.1, -0.05) is 12.1 Å². The van der Waals surface area contributed by atoms with E-state index in [1.54, 1.807) is 16.8 Å². The largest absolute Gasteiger partial charge is 0.454 e. The number of carbonyl (C=O) groups is 1. The molecule has 9 nitrogen and oxygen atoms in total. The summed E-state index contributed by atoms with van der Waals surface area (Å²) in [6.07, 6.45) is 1.66. The molecule has 4 heterocycles. The molecule has 0 aliphatic carbocycles. The van der Waals surface area contributed by atoms with Gasteiger partial charge in [-0.05, 0) is 63.1 Å². The predicted octanol–water partition coefficient (Wildman–Crippen LogP) is 2.74. The summed E-state index contributed by atoms with van der Waals surface area (Å²) >= 11 is 0. The average Bonchev–Trinajstić information content (AvgIpc) is 3.23. The van der Waals surface area contributed by atoms with E-state index in [0.717, 1.165) is 11.1 Å². The van der Waals surface area contributed by atoms with E-state index in [-0.39, 0.29) is 35.3 Å². The summed E-state index contributed by atoms with van der Waals surface area (Å²) in [4.78, 5) is 31.3. The van der Waals surface area contributed by atoms with Crippen LogP contribution in [-0.2, 0) is 6.54 Å². The van der Waals surface area contributed by atoms with Gasteiger partial charge >= 0.3 is 0 Å². The number of amides is 1. The van der Waals surface area contributed by atoms with Crippen molar-refractivity contribution in [3.63, 3.8) is 0 Å². The van der Waals surface area contributed by atoms with Gasteiger partial charge in [-0.25, -0.2) is 4.98 Å². The molecule has 0 radical (unpaired) electrons. The smallest absolute Gasteiger partial charge is 0.267 e. The number of carbonyl (C=O) groups excluding carboxylic acids is 1. The Balaban J connectivity index is 1.78. The summed E-state index contributed by atoms with van der Waals surface area (Å²) in [5, 5.41) is 12.1. The Labute approximate surface area is 195 Å². The minimum Gasteiger partial charge on any atom is -0.454 e. The highest BCUT2D eigenvalue weighted by Crippen LogP contribution is 2.32. The van der Waals surface area contributed by atoms with Crippen LogP contribution in [0.4, 0.5) is 0 Å². The quantitative estimate of drug-likeness (QED) is 0.458. The monoisotopic (exact) mass is 459 g/mol. The fraction of sp³-hybridized carbons (Fsp3) is 0.280.